The van der Waals surface area contributed by atoms with Gasteiger partial charge in [0.25, 0.3) is 0 Å². The number of aliphatic hydroxyl groups is 1. The number of nitrogens with zero attached hydrogens (tertiary/aromatic N) is 1. The first-order chi connectivity index (χ1) is 6.16. The normalized spacial score (nSPS) is 15.4. The summed E-state index contributed by atoms with van der Waals surface area (Å²) in [5, 5.41) is 10.2. The van der Waals surface area contributed by atoms with E-state index in [0.717, 1.165) is 0 Å². The van der Waals surface area contributed by atoms with E-state index in [0.29, 0.717) is 17.1 Å². The molecule has 0 aliphatic rings. The van der Waals surface area contributed by atoms with Crippen molar-refractivity contribution >= 4 is 11.6 Å². The van der Waals surface area contributed by atoms with E-state index in [4.69, 9.17) is 17.3 Å². The van der Waals surface area contributed by atoms with Crippen molar-refractivity contribution in [3.05, 3.63) is 29.0 Å². The van der Waals surface area contributed by atoms with Gasteiger partial charge in [0.1, 0.15) is 6.10 Å². The number of pyridine rings is 1. The van der Waals surface area contributed by atoms with Crippen LogP contribution in [0.15, 0.2) is 18.3 Å². The summed E-state index contributed by atoms with van der Waals surface area (Å²) in [6.45, 7) is 1.91. The molecule has 0 saturated carbocycles. The van der Waals surface area contributed by atoms with Crippen molar-refractivity contribution in [2.45, 2.75) is 25.5 Å². The van der Waals surface area contributed by atoms with Crippen molar-refractivity contribution in [3.63, 3.8) is 0 Å². The number of hydrogen-bond acceptors (Lipinski definition) is 3. The molecule has 1 aromatic heterocycles. The zero-order valence-corrected chi connectivity index (χ0v) is 8.20. The molecule has 0 spiro atoms. The van der Waals surface area contributed by atoms with Crippen LogP contribution in [0.25, 0.3) is 0 Å². The highest BCUT2D eigenvalue weighted by Crippen LogP contribution is 2.22. The van der Waals surface area contributed by atoms with Crippen molar-refractivity contribution < 1.29 is 5.11 Å². The van der Waals surface area contributed by atoms with Crippen LogP contribution in [0.3, 0.4) is 0 Å². The first-order valence-electron chi connectivity index (χ1n) is 4.21. The van der Waals surface area contributed by atoms with Gasteiger partial charge in [-0.25, -0.2) is 0 Å². The maximum atomic E-state index is 9.70. The summed E-state index contributed by atoms with van der Waals surface area (Å²) < 4.78 is 0. The smallest absolute Gasteiger partial charge is 0.112 e. The largest absolute Gasteiger partial charge is 0.385 e. The maximum absolute atomic E-state index is 9.70. The lowest BCUT2D eigenvalue weighted by Crippen LogP contribution is -2.28. The fourth-order valence-electron chi connectivity index (χ4n) is 1.04. The maximum Gasteiger partial charge on any atom is 0.112 e. The van der Waals surface area contributed by atoms with Gasteiger partial charge in [0, 0.05) is 12.2 Å². The number of aromatic nitrogens is 1. The molecule has 0 saturated heterocycles. The lowest BCUT2D eigenvalue weighted by molar-refractivity contribution is 0.140. The van der Waals surface area contributed by atoms with Crippen molar-refractivity contribution in [1.29, 1.82) is 0 Å². The van der Waals surface area contributed by atoms with Crippen molar-refractivity contribution in [3.8, 4) is 0 Å². The average molecular weight is 201 g/mol. The van der Waals surface area contributed by atoms with Crippen LogP contribution < -0.4 is 5.73 Å². The number of rotatable bonds is 3. The molecule has 13 heavy (non-hydrogen) atoms. The molecular weight excluding hydrogens is 188 g/mol. The summed E-state index contributed by atoms with van der Waals surface area (Å²) in [4.78, 5) is 3.99. The highest BCUT2D eigenvalue weighted by atomic mass is 35.5. The molecule has 0 aliphatic carbocycles. The molecule has 0 aromatic carbocycles. The lowest BCUT2D eigenvalue weighted by atomic mass is 10.1. The van der Waals surface area contributed by atoms with E-state index in [-0.39, 0.29) is 6.04 Å². The van der Waals surface area contributed by atoms with Gasteiger partial charge < -0.3 is 10.8 Å². The zero-order valence-electron chi connectivity index (χ0n) is 7.44. The molecule has 0 amide bonds. The molecule has 4 heteroatoms. The highest BCUT2D eigenvalue weighted by Gasteiger charge is 2.18. The van der Waals surface area contributed by atoms with E-state index in [2.05, 4.69) is 4.98 Å². The van der Waals surface area contributed by atoms with Crippen molar-refractivity contribution in [2.75, 3.05) is 0 Å². The van der Waals surface area contributed by atoms with Gasteiger partial charge in [0.15, 0.2) is 0 Å². The predicted molar refractivity (Wildman–Crippen MR) is 52.5 cm³/mol. The quantitative estimate of drug-likeness (QED) is 0.778. The van der Waals surface area contributed by atoms with Gasteiger partial charge in [-0.1, -0.05) is 18.5 Å². The number of hydrogen-bond donors (Lipinski definition) is 2. The molecule has 3 N–H and O–H groups in total. The van der Waals surface area contributed by atoms with E-state index >= 15 is 0 Å². The van der Waals surface area contributed by atoms with Crippen molar-refractivity contribution in [1.82, 2.24) is 4.98 Å². The molecule has 0 radical (unpaired) electrons. The summed E-state index contributed by atoms with van der Waals surface area (Å²) >= 11 is 5.84. The van der Waals surface area contributed by atoms with E-state index in [1.165, 1.54) is 0 Å². The van der Waals surface area contributed by atoms with E-state index in [1.54, 1.807) is 18.3 Å². The Morgan fingerprint density at radius 3 is 2.92 bits per heavy atom. The van der Waals surface area contributed by atoms with E-state index in [9.17, 15) is 5.11 Å². The fraction of sp³-hybridized carbons (Fsp3) is 0.444. The topological polar surface area (TPSA) is 59.1 Å². The minimum absolute atomic E-state index is 0.313. The van der Waals surface area contributed by atoms with Gasteiger partial charge in [-0.2, -0.15) is 0 Å². The van der Waals surface area contributed by atoms with Crippen molar-refractivity contribution in [2.24, 2.45) is 5.73 Å². The Hall–Kier alpha value is -0.640. The third-order valence-electron chi connectivity index (χ3n) is 1.94. The molecular formula is C9H13ClN2O. The minimum atomic E-state index is -0.779. The summed E-state index contributed by atoms with van der Waals surface area (Å²) in [6, 6.07) is 3.10. The Kier molecular flexibility index (Phi) is 3.66. The van der Waals surface area contributed by atoms with Crippen LogP contribution in [-0.2, 0) is 0 Å². The molecule has 1 aromatic rings. The Balaban J connectivity index is 2.88. The molecule has 0 unspecified atom stereocenters. The zero-order chi connectivity index (χ0) is 9.84. The molecule has 0 fully saturated rings. The van der Waals surface area contributed by atoms with E-state index < -0.39 is 6.10 Å². The minimum Gasteiger partial charge on any atom is -0.385 e. The van der Waals surface area contributed by atoms with Crippen LogP contribution >= 0.6 is 11.6 Å². The Morgan fingerprint density at radius 1 is 1.69 bits per heavy atom. The number of nitrogens with two attached hydrogens (primary N) is 1. The fourth-order valence-corrected chi connectivity index (χ4v) is 1.27. The molecule has 0 aliphatic heterocycles. The second-order valence-electron chi connectivity index (χ2n) is 2.89. The van der Waals surface area contributed by atoms with Gasteiger partial charge in [-0.3, -0.25) is 4.98 Å². The molecule has 1 rings (SSSR count). The van der Waals surface area contributed by atoms with E-state index in [1.807, 2.05) is 6.92 Å². The highest BCUT2D eigenvalue weighted by molar-refractivity contribution is 6.31. The van der Waals surface area contributed by atoms with Crippen LogP contribution in [0, 0.1) is 0 Å². The predicted octanol–water partition coefficient (Wildman–Crippen LogP) is 1.51. The molecule has 1 heterocycles. The van der Waals surface area contributed by atoms with Gasteiger partial charge in [0.2, 0.25) is 0 Å². The molecule has 2 atom stereocenters. The van der Waals surface area contributed by atoms with Gasteiger partial charge in [0.05, 0.1) is 10.7 Å². The summed E-state index contributed by atoms with van der Waals surface area (Å²) in [6.07, 6.45) is 1.50. The Labute approximate surface area is 82.5 Å². The first-order valence-corrected chi connectivity index (χ1v) is 4.58. The first kappa shape index (κ1) is 10.4. The number of halogens is 1. The molecule has 0 bridgehead atoms. The van der Waals surface area contributed by atoms with Crippen LogP contribution in [0.4, 0.5) is 0 Å². The monoisotopic (exact) mass is 200 g/mol. The molecule has 72 valence electrons. The standard InChI is InChI=1S/C9H13ClN2O/c1-2-7(11)9(13)8-6(10)4-3-5-12-8/h3-5,7,9,13H,2,11H2,1H3/t7-,9+/m1/s1. The van der Waals surface area contributed by atoms with Gasteiger partial charge >= 0.3 is 0 Å². The summed E-state index contributed by atoms with van der Waals surface area (Å²) in [7, 11) is 0. The summed E-state index contributed by atoms with van der Waals surface area (Å²) in [5.74, 6) is 0. The average Bonchev–Trinajstić information content (AvgIpc) is 2.16. The van der Waals surface area contributed by atoms with Crippen LogP contribution in [0.2, 0.25) is 5.02 Å². The number of aliphatic hydroxyl groups excluding tert-OH is 1. The van der Waals surface area contributed by atoms with Gasteiger partial charge in [-0.15, -0.1) is 0 Å². The molecule has 3 nitrogen and oxygen atoms in total. The summed E-state index contributed by atoms with van der Waals surface area (Å²) in [5.41, 5.74) is 6.13. The third-order valence-corrected chi connectivity index (χ3v) is 2.26. The SMILES string of the molecule is CC[C@@H](N)[C@H](O)c1ncccc1Cl. The Morgan fingerprint density at radius 2 is 2.38 bits per heavy atom. The second kappa shape index (κ2) is 4.56. The van der Waals surface area contributed by atoms with Crippen LogP contribution in [0.5, 0.6) is 0 Å². The lowest BCUT2D eigenvalue weighted by Gasteiger charge is -2.17. The third kappa shape index (κ3) is 2.40. The van der Waals surface area contributed by atoms with Crippen LogP contribution in [0.1, 0.15) is 25.1 Å². The van der Waals surface area contributed by atoms with Gasteiger partial charge in [-0.05, 0) is 18.6 Å². The second-order valence-corrected chi connectivity index (χ2v) is 3.29. The van der Waals surface area contributed by atoms with Crippen LogP contribution in [-0.4, -0.2) is 16.1 Å². The Bertz CT molecular complexity index is 280.